The predicted octanol–water partition coefficient (Wildman–Crippen LogP) is 1.33. The Bertz CT molecular complexity index is 693. The van der Waals surface area contributed by atoms with Gasteiger partial charge in [-0.25, -0.2) is 12.8 Å². The van der Waals surface area contributed by atoms with E-state index in [0.717, 1.165) is 12.3 Å². The van der Waals surface area contributed by atoms with Gasteiger partial charge in [-0.3, -0.25) is 9.52 Å². The van der Waals surface area contributed by atoms with Gasteiger partial charge in [0.05, 0.1) is 11.9 Å². The number of piperidine rings is 1. The van der Waals surface area contributed by atoms with E-state index < -0.39 is 21.4 Å². The van der Waals surface area contributed by atoms with Crippen molar-refractivity contribution >= 4 is 39.7 Å². The maximum Gasteiger partial charge on any atom is 0.256 e. The van der Waals surface area contributed by atoms with Gasteiger partial charge in [-0.05, 0) is 44.1 Å². The summed E-state index contributed by atoms with van der Waals surface area (Å²) in [7, 11) is -2.14. The van der Waals surface area contributed by atoms with Crippen LogP contribution in [0.3, 0.4) is 0 Å². The Morgan fingerprint density at radius 2 is 1.96 bits per heavy atom. The van der Waals surface area contributed by atoms with Gasteiger partial charge in [0.1, 0.15) is 11.4 Å². The molecule has 1 saturated heterocycles. The van der Waals surface area contributed by atoms with Gasteiger partial charge in [-0.1, -0.05) is 0 Å². The van der Waals surface area contributed by atoms with Crippen molar-refractivity contribution in [3.8, 4) is 0 Å². The summed E-state index contributed by atoms with van der Waals surface area (Å²) >= 11 is 0. The van der Waals surface area contributed by atoms with E-state index in [4.69, 9.17) is 4.74 Å². The highest BCUT2D eigenvalue weighted by Crippen LogP contribution is 2.26. The standard InChI is InChI=1S/C14H20FN3O4S.ClH/c1-22-14(5-7-16-8-6-14)13(19)17-10-3-4-11(15)12(9-10)18-23(2,20)21;/h3-4,9,16,18H,5-8H2,1-2H3,(H,17,19);1H. The molecule has 24 heavy (non-hydrogen) atoms. The van der Waals surface area contributed by atoms with Gasteiger partial charge in [0.15, 0.2) is 0 Å². The first-order valence-corrected chi connectivity index (χ1v) is 8.99. The normalized spacial score (nSPS) is 16.8. The van der Waals surface area contributed by atoms with Crippen LogP contribution in [0.25, 0.3) is 0 Å². The van der Waals surface area contributed by atoms with Crippen molar-refractivity contribution in [1.29, 1.82) is 0 Å². The molecule has 0 bridgehead atoms. The molecule has 0 radical (unpaired) electrons. The summed E-state index contributed by atoms with van der Waals surface area (Å²) < 4.78 is 43.6. The van der Waals surface area contributed by atoms with E-state index in [1.165, 1.54) is 19.2 Å². The Morgan fingerprint density at radius 3 is 2.50 bits per heavy atom. The average molecular weight is 382 g/mol. The van der Waals surface area contributed by atoms with Gasteiger partial charge < -0.3 is 15.4 Å². The molecule has 0 spiro atoms. The minimum absolute atomic E-state index is 0. The lowest BCUT2D eigenvalue weighted by atomic mass is 9.91. The fourth-order valence-electron chi connectivity index (χ4n) is 2.48. The monoisotopic (exact) mass is 381 g/mol. The van der Waals surface area contributed by atoms with Crippen molar-refractivity contribution in [3.05, 3.63) is 24.0 Å². The zero-order valence-corrected chi connectivity index (χ0v) is 15.0. The zero-order valence-electron chi connectivity index (χ0n) is 13.4. The zero-order chi connectivity index (χ0) is 17.1. The molecular weight excluding hydrogens is 361 g/mol. The van der Waals surface area contributed by atoms with Crippen LogP contribution in [0.2, 0.25) is 0 Å². The molecule has 0 unspecified atom stereocenters. The van der Waals surface area contributed by atoms with Crippen molar-refractivity contribution in [2.24, 2.45) is 0 Å². The smallest absolute Gasteiger partial charge is 0.256 e. The van der Waals surface area contributed by atoms with Gasteiger partial charge in [-0.15, -0.1) is 12.4 Å². The Kier molecular flexibility index (Phi) is 6.97. The second-order valence-electron chi connectivity index (χ2n) is 5.47. The van der Waals surface area contributed by atoms with E-state index in [0.29, 0.717) is 25.9 Å². The summed E-state index contributed by atoms with van der Waals surface area (Å²) in [6.07, 6.45) is 1.96. The van der Waals surface area contributed by atoms with E-state index in [-0.39, 0.29) is 29.7 Å². The quantitative estimate of drug-likeness (QED) is 0.715. The van der Waals surface area contributed by atoms with Crippen LogP contribution in [0.1, 0.15) is 12.8 Å². The summed E-state index contributed by atoms with van der Waals surface area (Å²) in [5.41, 5.74) is -0.871. The summed E-state index contributed by atoms with van der Waals surface area (Å²) in [6.45, 7) is 1.32. The highest BCUT2D eigenvalue weighted by molar-refractivity contribution is 7.92. The van der Waals surface area contributed by atoms with E-state index in [1.54, 1.807) is 0 Å². The van der Waals surface area contributed by atoms with Crippen LogP contribution < -0.4 is 15.4 Å². The predicted molar refractivity (Wildman–Crippen MR) is 92.6 cm³/mol. The van der Waals surface area contributed by atoms with Gasteiger partial charge in [-0.2, -0.15) is 0 Å². The number of nitrogens with one attached hydrogen (secondary N) is 3. The number of benzene rings is 1. The van der Waals surface area contributed by atoms with Crippen LogP contribution in [0, 0.1) is 5.82 Å². The summed E-state index contributed by atoms with van der Waals surface area (Å²) in [5.74, 6) is -1.06. The van der Waals surface area contributed by atoms with E-state index >= 15 is 0 Å². The lowest BCUT2D eigenvalue weighted by Crippen LogP contribution is -2.51. The van der Waals surface area contributed by atoms with Crippen molar-refractivity contribution in [2.75, 3.05) is 36.5 Å². The largest absolute Gasteiger partial charge is 0.368 e. The van der Waals surface area contributed by atoms with Crippen LogP contribution in [-0.4, -0.2) is 46.4 Å². The first-order chi connectivity index (χ1) is 10.8. The van der Waals surface area contributed by atoms with Crippen molar-refractivity contribution in [1.82, 2.24) is 5.32 Å². The number of methoxy groups -OCH3 is 1. The molecule has 1 fully saturated rings. The molecule has 1 aromatic carbocycles. The average Bonchev–Trinajstić information content (AvgIpc) is 2.50. The lowest BCUT2D eigenvalue weighted by Gasteiger charge is -2.34. The highest BCUT2D eigenvalue weighted by Gasteiger charge is 2.39. The molecule has 1 aromatic rings. The van der Waals surface area contributed by atoms with E-state index in [2.05, 4.69) is 15.4 Å². The summed E-state index contributed by atoms with van der Waals surface area (Å²) in [6, 6.07) is 3.69. The molecule has 1 aliphatic rings. The molecule has 0 aliphatic carbocycles. The fraction of sp³-hybridized carbons (Fsp3) is 0.500. The number of hydrogen-bond donors (Lipinski definition) is 3. The molecule has 1 aliphatic heterocycles. The first kappa shape index (κ1) is 20.6. The second kappa shape index (κ2) is 8.11. The molecule has 2 rings (SSSR count). The van der Waals surface area contributed by atoms with E-state index in [1.807, 2.05) is 0 Å². The van der Waals surface area contributed by atoms with Gasteiger partial charge in [0.2, 0.25) is 10.0 Å². The van der Waals surface area contributed by atoms with Crippen molar-refractivity contribution < 1.29 is 22.3 Å². The number of carbonyl (C=O) groups is 1. The van der Waals surface area contributed by atoms with Crippen LogP contribution >= 0.6 is 12.4 Å². The Labute approximate surface area is 146 Å². The molecule has 0 atom stereocenters. The molecule has 1 amide bonds. The Balaban J connectivity index is 0.00000288. The maximum absolute atomic E-state index is 13.7. The minimum atomic E-state index is -3.62. The van der Waals surface area contributed by atoms with Gasteiger partial charge in [0, 0.05) is 12.8 Å². The number of sulfonamides is 1. The number of carbonyl (C=O) groups excluding carboxylic acids is 1. The van der Waals surface area contributed by atoms with Crippen LogP contribution in [0.4, 0.5) is 15.8 Å². The minimum Gasteiger partial charge on any atom is -0.368 e. The Hall–Kier alpha value is -1.42. The number of amides is 1. The molecule has 7 nitrogen and oxygen atoms in total. The third-order valence-corrected chi connectivity index (χ3v) is 4.33. The van der Waals surface area contributed by atoms with Gasteiger partial charge >= 0.3 is 0 Å². The van der Waals surface area contributed by atoms with Crippen LogP contribution in [-0.2, 0) is 19.6 Å². The second-order valence-corrected chi connectivity index (χ2v) is 7.22. The summed E-state index contributed by atoms with van der Waals surface area (Å²) in [5, 5.41) is 5.81. The maximum atomic E-state index is 13.7. The third kappa shape index (κ3) is 5.04. The first-order valence-electron chi connectivity index (χ1n) is 7.10. The van der Waals surface area contributed by atoms with Gasteiger partial charge in [0.25, 0.3) is 5.91 Å². The molecule has 10 heteroatoms. The molecule has 3 N–H and O–H groups in total. The number of halogens is 2. The van der Waals surface area contributed by atoms with Crippen LogP contribution in [0.5, 0.6) is 0 Å². The molecular formula is C14H21ClFN3O4S. The lowest BCUT2D eigenvalue weighted by molar-refractivity contribution is -0.140. The molecule has 1 heterocycles. The van der Waals surface area contributed by atoms with Crippen molar-refractivity contribution in [3.63, 3.8) is 0 Å². The van der Waals surface area contributed by atoms with Crippen LogP contribution in [0.15, 0.2) is 18.2 Å². The molecule has 0 aromatic heterocycles. The third-order valence-electron chi connectivity index (χ3n) is 3.74. The number of rotatable bonds is 5. The molecule has 0 saturated carbocycles. The Morgan fingerprint density at radius 1 is 1.33 bits per heavy atom. The van der Waals surface area contributed by atoms with E-state index in [9.17, 15) is 17.6 Å². The summed E-state index contributed by atoms with van der Waals surface area (Å²) in [4.78, 5) is 12.5. The number of ether oxygens (including phenoxy) is 1. The number of hydrogen-bond acceptors (Lipinski definition) is 5. The molecule has 136 valence electrons. The number of anilines is 2. The fourth-order valence-corrected chi connectivity index (χ4v) is 3.04. The highest BCUT2D eigenvalue weighted by atomic mass is 35.5. The van der Waals surface area contributed by atoms with Crippen molar-refractivity contribution in [2.45, 2.75) is 18.4 Å². The topological polar surface area (TPSA) is 96.5 Å². The SMILES string of the molecule is COC1(C(=O)Nc2ccc(F)c(NS(C)(=O)=O)c2)CCNCC1.Cl.